The summed E-state index contributed by atoms with van der Waals surface area (Å²) in [4.78, 5) is 27.1. The highest BCUT2D eigenvalue weighted by molar-refractivity contribution is 6.28. The Morgan fingerprint density at radius 2 is 2.08 bits per heavy atom. The van der Waals surface area contributed by atoms with Crippen molar-refractivity contribution in [2.24, 2.45) is 4.99 Å². The van der Waals surface area contributed by atoms with E-state index in [2.05, 4.69) is 11.6 Å². The van der Waals surface area contributed by atoms with Gasteiger partial charge >= 0.3 is 6.03 Å². The first-order valence-electron chi connectivity index (χ1n) is 3.68. The quantitative estimate of drug-likeness (QED) is 0.545. The van der Waals surface area contributed by atoms with Crippen LogP contribution in [0.4, 0.5) is 4.79 Å². The van der Waals surface area contributed by atoms with Gasteiger partial charge in [-0.3, -0.25) is 9.69 Å². The molecule has 3 amide bonds. The first-order valence-corrected chi connectivity index (χ1v) is 3.68. The van der Waals surface area contributed by atoms with Crippen molar-refractivity contribution >= 4 is 17.6 Å². The molecule has 4 nitrogen and oxygen atoms in total. The van der Waals surface area contributed by atoms with Gasteiger partial charge in [0.15, 0.2) is 0 Å². The lowest BCUT2D eigenvalue weighted by Crippen LogP contribution is -2.40. The van der Waals surface area contributed by atoms with Crippen LogP contribution in [-0.2, 0) is 4.79 Å². The molecule has 0 aromatic carbocycles. The third-order valence-corrected chi connectivity index (χ3v) is 1.75. The highest BCUT2D eigenvalue weighted by Gasteiger charge is 2.27. The van der Waals surface area contributed by atoms with Crippen LogP contribution in [0.1, 0.15) is 13.8 Å². The van der Waals surface area contributed by atoms with Crippen LogP contribution >= 0.6 is 0 Å². The minimum absolute atomic E-state index is 0.302. The molecule has 0 atom stereocenters. The van der Waals surface area contributed by atoms with Crippen molar-refractivity contribution in [3.63, 3.8) is 0 Å². The lowest BCUT2D eigenvalue weighted by molar-refractivity contribution is -0.123. The van der Waals surface area contributed by atoms with E-state index in [4.69, 9.17) is 0 Å². The summed E-state index contributed by atoms with van der Waals surface area (Å²) in [6.07, 6.45) is 0. The first kappa shape index (κ1) is 8.64. The molecule has 1 aliphatic rings. The minimum atomic E-state index is -0.493. The molecule has 1 aliphatic heterocycles. The van der Waals surface area contributed by atoms with Crippen molar-refractivity contribution in [1.29, 1.82) is 0 Å². The monoisotopic (exact) mass is 166 g/mol. The van der Waals surface area contributed by atoms with E-state index >= 15 is 0 Å². The SMILES string of the molecule is C=C1C(=O)N(CC)C(=O)N=C1C. The molecular formula is C8H10N2O2. The number of hydrogen-bond donors (Lipinski definition) is 0. The topological polar surface area (TPSA) is 49.7 Å². The molecule has 0 aromatic rings. The Hall–Kier alpha value is -1.45. The van der Waals surface area contributed by atoms with Crippen LogP contribution < -0.4 is 0 Å². The molecule has 0 saturated carbocycles. The van der Waals surface area contributed by atoms with Crippen LogP contribution in [0.3, 0.4) is 0 Å². The fourth-order valence-corrected chi connectivity index (χ4v) is 0.955. The minimum Gasteiger partial charge on any atom is -0.268 e. The second kappa shape index (κ2) is 2.89. The highest BCUT2D eigenvalue weighted by Crippen LogP contribution is 2.10. The first-order chi connectivity index (χ1) is 5.57. The fraction of sp³-hybridized carbons (Fsp3) is 0.375. The maximum atomic E-state index is 11.3. The van der Waals surface area contributed by atoms with Gasteiger partial charge in [0.1, 0.15) is 0 Å². The molecule has 64 valence electrons. The zero-order chi connectivity index (χ0) is 9.30. The Morgan fingerprint density at radius 1 is 1.50 bits per heavy atom. The van der Waals surface area contributed by atoms with Crippen molar-refractivity contribution < 1.29 is 9.59 Å². The summed E-state index contributed by atoms with van der Waals surface area (Å²) < 4.78 is 0. The van der Waals surface area contributed by atoms with E-state index in [-0.39, 0.29) is 5.91 Å². The maximum absolute atomic E-state index is 11.3. The normalized spacial score (nSPS) is 18.3. The zero-order valence-corrected chi connectivity index (χ0v) is 7.13. The van der Waals surface area contributed by atoms with Gasteiger partial charge in [-0.2, -0.15) is 4.99 Å². The molecule has 0 saturated heterocycles. The van der Waals surface area contributed by atoms with Gasteiger partial charge in [0.25, 0.3) is 5.91 Å². The number of hydrogen-bond acceptors (Lipinski definition) is 2. The summed E-state index contributed by atoms with van der Waals surface area (Å²) in [6.45, 7) is 7.20. The van der Waals surface area contributed by atoms with E-state index in [0.717, 1.165) is 4.90 Å². The second-order valence-electron chi connectivity index (χ2n) is 2.51. The lowest BCUT2D eigenvalue weighted by Gasteiger charge is -2.21. The summed E-state index contributed by atoms with van der Waals surface area (Å²) in [5.41, 5.74) is 0.714. The number of urea groups is 1. The van der Waals surface area contributed by atoms with Crippen molar-refractivity contribution in [2.45, 2.75) is 13.8 Å². The molecule has 12 heavy (non-hydrogen) atoms. The number of rotatable bonds is 1. The second-order valence-corrected chi connectivity index (χ2v) is 2.51. The van der Waals surface area contributed by atoms with E-state index in [9.17, 15) is 9.59 Å². The molecule has 1 rings (SSSR count). The Balaban J connectivity index is 3.07. The van der Waals surface area contributed by atoms with Gasteiger partial charge in [-0.15, -0.1) is 0 Å². The lowest BCUT2D eigenvalue weighted by atomic mass is 10.1. The Morgan fingerprint density at radius 3 is 2.58 bits per heavy atom. The number of carbonyl (C=O) groups excluding carboxylic acids is 2. The van der Waals surface area contributed by atoms with Crippen molar-refractivity contribution in [1.82, 2.24) is 4.90 Å². The standard InChI is InChI=1S/C8H10N2O2/c1-4-10-7(11)5(2)6(3)9-8(10)12/h2,4H2,1,3H3. The van der Waals surface area contributed by atoms with Crippen molar-refractivity contribution in [3.05, 3.63) is 12.2 Å². The van der Waals surface area contributed by atoms with Gasteiger partial charge in [0.2, 0.25) is 0 Å². The zero-order valence-electron chi connectivity index (χ0n) is 7.13. The summed E-state index contributed by atoms with van der Waals surface area (Å²) in [5.74, 6) is -0.338. The average molecular weight is 166 g/mol. The van der Waals surface area contributed by atoms with Gasteiger partial charge in [-0.05, 0) is 13.8 Å². The largest absolute Gasteiger partial charge is 0.350 e. The number of carbonyl (C=O) groups is 2. The molecule has 0 unspecified atom stereocenters. The average Bonchev–Trinajstić information content (AvgIpc) is 2.01. The third kappa shape index (κ3) is 1.15. The third-order valence-electron chi connectivity index (χ3n) is 1.75. The molecule has 1 heterocycles. The Labute approximate surface area is 70.6 Å². The van der Waals surface area contributed by atoms with E-state index in [0.29, 0.717) is 17.8 Å². The van der Waals surface area contributed by atoms with Gasteiger partial charge in [-0.25, -0.2) is 4.79 Å². The highest BCUT2D eigenvalue weighted by atomic mass is 16.2. The van der Waals surface area contributed by atoms with E-state index in [1.165, 1.54) is 0 Å². The Bertz CT molecular complexity index is 291. The van der Waals surface area contributed by atoms with Gasteiger partial charge < -0.3 is 0 Å². The summed E-state index contributed by atoms with van der Waals surface area (Å²) in [5, 5.41) is 0. The molecule has 0 bridgehead atoms. The van der Waals surface area contributed by atoms with Gasteiger partial charge in [-0.1, -0.05) is 6.58 Å². The van der Waals surface area contributed by atoms with E-state index in [1.54, 1.807) is 13.8 Å². The van der Waals surface area contributed by atoms with Crippen molar-refractivity contribution in [2.75, 3.05) is 6.54 Å². The van der Waals surface area contributed by atoms with Crippen LogP contribution in [0.15, 0.2) is 17.1 Å². The molecule has 0 radical (unpaired) electrons. The number of imide groups is 1. The van der Waals surface area contributed by atoms with Gasteiger partial charge in [0.05, 0.1) is 11.3 Å². The van der Waals surface area contributed by atoms with Gasteiger partial charge in [0, 0.05) is 6.54 Å². The van der Waals surface area contributed by atoms with Crippen LogP contribution in [0.25, 0.3) is 0 Å². The molecule has 0 aliphatic carbocycles. The molecular weight excluding hydrogens is 156 g/mol. The van der Waals surface area contributed by atoms with Crippen LogP contribution in [0, 0.1) is 0 Å². The van der Waals surface area contributed by atoms with E-state index in [1.807, 2.05) is 0 Å². The maximum Gasteiger partial charge on any atom is 0.350 e. The Kier molecular flexibility index (Phi) is 2.08. The molecule has 0 N–H and O–H groups in total. The van der Waals surface area contributed by atoms with E-state index < -0.39 is 6.03 Å². The van der Waals surface area contributed by atoms with Crippen LogP contribution in [0.5, 0.6) is 0 Å². The summed E-state index contributed by atoms with van der Waals surface area (Å²) >= 11 is 0. The number of nitrogens with zero attached hydrogens (tertiary/aromatic N) is 2. The predicted octanol–water partition coefficient (Wildman–Crippen LogP) is 0.986. The van der Waals surface area contributed by atoms with Crippen LogP contribution in [0.2, 0.25) is 0 Å². The fourth-order valence-electron chi connectivity index (χ4n) is 0.955. The summed E-state index contributed by atoms with van der Waals surface area (Å²) in [6, 6.07) is -0.493. The van der Waals surface area contributed by atoms with Crippen LogP contribution in [-0.4, -0.2) is 29.1 Å². The number of likely N-dealkylation sites (N-methyl/N-ethyl adjacent to an activating group) is 1. The molecule has 4 heteroatoms. The number of aliphatic imine (C=N–C) groups is 1. The number of amides is 3. The molecule has 0 fully saturated rings. The summed E-state index contributed by atoms with van der Waals surface area (Å²) in [7, 11) is 0. The van der Waals surface area contributed by atoms with Crippen molar-refractivity contribution in [3.8, 4) is 0 Å². The molecule has 0 aromatic heterocycles. The predicted molar refractivity (Wildman–Crippen MR) is 45.0 cm³/mol. The molecule has 0 spiro atoms. The smallest absolute Gasteiger partial charge is 0.268 e.